The average Bonchev–Trinajstić information content (AvgIpc) is 2.86. The molecule has 3 atom stereocenters. The molecule has 0 aromatic heterocycles. The molecule has 0 spiro atoms. The molecule has 9 nitrogen and oxygen atoms in total. The first-order valence-electron chi connectivity index (χ1n) is 12.7. The molecule has 1 aromatic rings. The van der Waals surface area contributed by atoms with Crippen molar-refractivity contribution in [2.45, 2.75) is 69.6 Å². The number of rotatable bonds is 7. The molecule has 2 fully saturated rings. The van der Waals surface area contributed by atoms with Crippen LogP contribution in [0.25, 0.3) is 0 Å². The van der Waals surface area contributed by atoms with Crippen molar-refractivity contribution in [3.63, 3.8) is 0 Å². The normalized spacial score (nSPS) is 24.9. The number of hydrogen-bond acceptors (Lipinski definition) is 6. The number of hydrogen-bond donors (Lipinski definition) is 2. The summed E-state index contributed by atoms with van der Waals surface area (Å²) in [4.78, 5) is 39.4. The van der Waals surface area contributed by atoms with Gasteiger partial charge in [-0.1, -0.05) is 19.3 Å². The van der Waals surface area contributed by atoms with Gasteiger partial charge < -0.3 is 29.7 Å². The molecule has 2 aliphatic heterocycles. The van der Waals surface area contributed by atoms with E-state index in [4.69, 9.17) is 14.2 Å². The van der Waals surface area contributed by atoms with Crippen LogP contribution in [0.4, 0.5) is 5.69 Å². The van der Waals surface area contributed by atoms with Gasteiger partial charge in [-0.25, -0.2) is 0 Å². The number of amides is 3. The fourth-order valence-corrected chi connectivity index (χ4v) is 5.36. The molecule has 1 aliphatic carbocycles. The molecular weight excluding hydrogens is 450 g/mol. The number of ether oxygens (including phenoxy) is 3. The number of carbonyl (C=O) groups is 3. The highest BCUT2D eigenvalue weighted by atomic mass is 16.5. The molecular formula is C26H37N3O6. The Labute approximate surface area is 206 Å². The van der Waals surface area contributed by atoms with Crippen molar-refractivity contribution in [1.29, 1.82) is 0 Å². The summed E-state index contributed by atoms with van der Waals surface area (Å²) in [6, 6.07) is 4.86. The van der Waals surface area contributed by atoms with Crippen LogP contribution in [0, 0.1) is 5.92 Å². The average molecular weight is 488 g/mol. The number of nitrogens with one attached hydrogen (secondary N) is 2. The predicted molar refractivity (Wildman–Crippen MR) is 130 cm³/mol. The summed E-state index contributed by atoms with van der Waals surface area (Å²) >= 11 is 0. The number of anilines is 1. The Morgan fingerprint density at radius 1 is 1.11 bits per heavy atom. The van der Waals surface area contributed by atoms with Crippen LogP contribution >= 0.6 is 0 Å². The van der Waals surface area contributed by atoms with Crippen molar-refractivity contribution >= 4 is 23.4 Å². The Morgan fingerprint density at radius 2 is 1.91 bits per heavy atom. The van der Waals surface area contributed by atoms with E-state index in [1.54, 1.807) is 30.1 Å². The van der Waals surface area contributed by atoms with Gasteiger partial charge in [0, 0.05) is 26.4 Å². The van der Waals surface area contributed by atoms with Crippen molar-refractivity contribution in [2.24, 2.45) is 5.92 Å². The third-order valence-electron chi connectivity index (χ3n) is 7.30. The molecule has 192 valence electrons. The Kier molecular flexibility index (Phi) is 8.62. The molecule has 2 N–H and O–H groups in total. The molecule has 3 amide bonds. The largest absolute Gasteiger partial charge is 0.490 e. The molecule has 3 aliphatic rings. The fraction of sp³-hybridized carbons (Fsp3) is 0.654. The van der Waals surface area contributed by atoms with Gasteiger partial charge in [0.15, 0.2) is 0 Å². The van der Waals surface area contributed by atoms with E-state index in [0.29, 0.717) is 35.8 Å². The van der Waals surface area contributed by atoms with Crippen LogP contribution in [0.3, 0.4) is 0 Å². The standard InChI is InChI=1S/C26H37N3O6/c1-29-21-10-9-19(13-24(30)27-14-17-6-4-3-5-7-17)35-23(21)15-34-22-11-8-18(12-20(22)26(29)32)28-25(31)16-33-2/h8,11-12,17,19,21,23H,3-7,9-10,13-16H2,1-2H3,(H,27,30)(H,28,31)/t19-,21+,23-/m1/s1. The quantitative estimate of drug-likeness (QED) is 0.613. The van der Waals surface area contributed by atoms with Crippen LogP contribution in [-0.4, -0.2) is 74.8 Å². The lowest BCUT2D eigenvalue weighted by molar-refractivity contribution is -0.134. The van der Waals surface area contributed by atoms with Gasteiger partial charge in [-0.15, -0.1) is 0 Å². The summed E-state index contributed by atoms with van der Waals surface area (Å²) in [5, 5.41) is 5.82. The minimum absolute atomic E-state index is 0.0311. The van der Waals surface area contributed by atoms with Gasteiger partial charge in [-0.05, 0) is 49.8 Å². The second-order valence-corrected chi connectivity index (χ2v) is 9.87. The van der Waals surface area contributed by atoms with Crippen molar-refractivity contribution in [3.05, 3.63) is 23.8 Å². The lowest BCUT2D eigenvalue weighted by Crippen LogP contribution is -2.54. The number of fused-ring (bicyclic) bond motifs is 2. The molecule has 1 saturated heterocycles. The number of carbonyl (C=O) groups excluding carboxylic acids is 3. The molecule has 0 unspecified atom stereocenters. The van der Waals surface area contributed by atoms with Gasteiger partial charge in [-0.3, -0.25) is 14.4 Å². The molecule has 0 bridgehead atoms. The zero-order valence-electron chi connectivity index (χ0n) is 20.7. The molecule has 9 heteroatoms. The van der Waals surface area contributed by atoms with Crippen molar-refractivity contribution in [1.82, 2.24) is 10.2 Å². The first kappa shape index (κ1) is 25.4. The van der Waals surface area contributed by atoms with Crippen LogP contribution < -0.4 is 15.4 Å². The molecule has 4 rings (SSSR count). The van der Waals surface area contributed by atoms with Crippen LogP contribution in [-0.2, 0) is 19.1 Å². The van der Waals surface area contributed by atoms with Gasteiger partial charge in [0.1, 0.15) is 25.1 Å². The van der Waals surface area contributed by atoms with E-state index >= 15 is 0 Å². The Bertz CT molecular complexity index is 916. The van der Waals surface area contributed by atoms with Crippen molar-refractivity contribution in [3.8, 4) is 5.75 Å². The van der Waals surface area contributed by atoms with E-state index in [1.807, 2.05) is 0 Å². The van der Waals surface area contributed by atoms with Crippen molar-refractivity contribution in [2.75, 3.05) is 39.2 Å². The molecule has 1 aromatic carbocycles. The highest BCUT2D eigenvalue weighted by Gasteiger charge is 2.39. The maximum Gasteiger partial charge on any atom is 0.257 e. The smallest absolute Gasteiger partial charge is 0.257 e. The van der Waals surface area contributed by atoms with E-state index in [9.17, 15) is 14.4 Å². The first-order chi connectivity index (χ1) is 16.9. The first-order valence-corrected chi connectivity index (χ1v) is 12.7. The topological polar surface area (TPSA) is 106 Å². The van der Waals surface area contributed by atoms with E-state index < -0.39 is 0 Å². The van der Waals surface area contributed by atoms with Crippen LogP contribution in [0.5, 0.6) is 5.75 Å². The SMILES string of the molecule is COCC(=O)Nc1ccc2c(c1)C(=O)N(C)[C@H]1CC[C@H](CC(=O)NCC3CCCCC3)O[C@@H]1CO2. The fourth-order valence-electron chi connectivity index (χ4n) is 5.36. The Balaban J connectivity index is 1.35. The number of nitrogens with zero attached hydrogens (tertiary/aromatic N) is 1. The summed E-state index contributed by atoms with van der Waals surface area (Å²) < 4.78 is 17.1. The highest BCUT2D eigenvalue weighted by Crippen LogP contribution is 2.32. The van der Waals surface area contributed by atoms with Crippen LogP contribution in [0.1, 0.15) is 61.7 Å². The van der Waals surface area contributed by atoms with Gasteiger partial charge >= 0.3 is 0 Å². The summed E-state index contributed by atoms with van der Waals surface area (Å²) in [6.07, 6.45) is 7.48. The second-order valence-electron chi connectivity index (χ2n) is 9.87. The lowest BCUT2D eigenvalue weighted by atomic mass is 9.89. The van der Waals surface area contributed by atoms with Gasteiger partial charge in [0.2, 0.25) is 11.8 Å². The maximum atomic E-state index is 13.3. The molecule has 35 heavy (non-hydrogen) atoms. The summed E-state index contributed by atoms with van der Waals surface area (Å²) in [5.41, 5.74) is 0.901. The van der Waals surface area contributed by atoms with Gasteiger partial charge in [0.05, 0.1) is 24.1 Å². The summed E-state index contributed by atoms with van der Waals surface area (Å²) in [6.45, 7) is 0.968. The summed E-state index contributed by atoms with van der Waals surface area (Å²) in [7, 11) is 3.22. The summed E-state index contributed by atoms with van der Waals surface area (Å²) in [5.74, 6) is 0.584. The van der Waals surface area contributed by atoms with Gasteiger partial charge in [0.25, 0.3) is 5.91 Å². The van der Waals surface area contributed by atoms with Crippen LogP contribution in [0.15, 0.2) is 18.2 Å². The third kappa shape index (κ3) is 6.52. The number of benzene rings is 1. The minimum Gasteiger partial charge on any atom is -0.490 e. The molecule has 2 heterocycles. The van der Waals surface area contributed by atoms with E-state index in [1.165, 1.54) is 39.2 Å². The monoisotopic (exact) mass is 487 g/mol. The zero-order valence-corrected chi connectivity index (χ0v) is 20.7. The minimum atomic E-state index is -0.317. The van der Waals surface area contributed by atoms with Gasteiger partial charge in [-0.2, -0.15) is 0 Å². The maximum absolute atomic E-state index is 13.3. The van der Waals surface area contributed by atoms with E-state index in [2.05, 4.69) is 10.6 Å². The Hall–Kier alpha value is -2.65. The molecule has 1 saturated carbocycles. The number of methoxy groups -OCH3 is 1. The lowest BCUT2D eigenvalue weighted by Gasteiger charge is -2.42. The molecule has 0 radical (unpaired) electrons. The zero-order chi connectivity index (χ0) is 24.8. The second kappa shape index (κ2) is 11.9. The number of likely N-dealkylation sites (N-methyl/N-ethyl adjacent to an activating group) is 1. The van der Waals surface area contributed by atoms with E-state index in [-0.39, 0.29) is 49.2 Å². The van der Waals surface area contributed by atoms with E-state index in [0.717, 1.165) is 13.0 Å². The Morgan fingerprint density at radius 3 is 2.69 bits per heavy atom. The third-order valence-corrected chi connectivity index (χ3v) is 7.30. The highest BCUT2D eigenvalue weighted by molar-refractivity contribution is 6.00. The van der Waals surface area contributed by atoms with Crippen molar-refractivity contribution < 1.29 is 28.6 Å². The predicted octanol–water partition coefficient (Wildman–Crippen LogP) is 2.74. The van der Waals surface area contributed by atoms with Crippen LogP contribution in [0.2, 0.25) is 0 Å².